The van der Waals surface area contributed by atoms with Crippen molar-refractivity contribution in [3.63, 3.8) is 0 Å². The molecule has 10 heterocycles. The fourth-order valence-corrected chi connectivity index (χ4v) is 7.85. The minimum Gasteiger partial charge on any atom is -0.394 e. The topological polar surface area (TPSA) is 467 Å². The molecule has 5 aromatic heterocycles. The molecule has 77 heavy (non-hydrogen) atoms. The highest BCUT2D eigenvalue weighted by Gasteiger charge is 2.38. The Hall–Kier alpha value is -8.99. The van der Waals surface area contributed by atoms with Crippen LogP contribution in [0.1, 0.15) is 79.8 Å². The molecule has 1 aromatic carbocycles. The molecule has 33 nitrogen and oxygen atoms in total. The second-order valence-corrected chi connectivity index (χ2v) is 16.9. The van der Waals surface area contributed by atoms with Crippen molar-refractivity contribution < 1.29 is 59.2 Å². The van der Waals surface area contributed by atoms with Crippen LogP contribution in [0.5, 0.6) is 0 Å². The number of carbonyl (C=O) groups excluding carboxylic acids is 3. The number of ketones is 3. The number of benzene rings is 1. The van der Waals surface area contributed by atoms with Crippen molar-refractivity contribution >= 4 is 65.5 Å². The molecule has 2 fully saturated rings. The van der Waals surface area contributed by atoms with Crippen molar-refractivity contribution in [2.75, 3.05) is 61.1 Å². The van der Waals surface area contributed by atoms with Gasteiger partial charge < -0.3 is 76.4 Å². The van der Waals surface area contributed by atoms with Crippen molar-refractivity contribution in [2.24, 2.45) is 15.0 Å². The number of aromatic amines is 2. The van der Waals surface area contributed by atoms with E-state index in [0.29, 0.717) is 59.6 Å². The first-order valence-electron chi connectivity index (χ1n) is 23.3. The van der Waals surface area contributed by atoms with Gasteiger partial charge in [0.15, 0.2) is 23.5 Å². The lowest BCUT2D eigenvalue weighted by molar-refractivity contribution is -0.465. The number of nitrogens with one attached hydrogen (secondary N) is 5. The van der Waals surface area contributed by atoms with Crippen LogP contribution in [-0.4, -0.2) is 184 Å². The van der Waals surface area contributed by atoms with Gasteiger partial charge in [-0.05, 0) is 17.4 Å². The Labute approximate surface area is 434 Å². The molecule has 0 amide bonds. The van der Waals surface area contributed by atoms with E-state index in [2.05, 4.69) is 65.8 Å². The molecule has 0 unspecified atom stereocenters. The van der Waals surface area contributed by atoms with Gasteiger partial charge in [0.05, 0.1) is 82.8 Å². The number of fused-ring (bicyclic) bond motifs is 3. The highest BCUT2D eigenvalue weighted by molar-refractivity contribution is 6.04. The van der Waals surface area contributed by atoms with Crippen molar-refractivity contribution in [1.82, 2.24) is 48.6 Å². The molecule has 2 saturated heterocycles. The van der Waals surface area contributed by atoms with E-state index in [1.165, 1.54) is 44.3 Å². The van der Waals surface area contributed by atoms with Gasteiger partial charge in [0, 0.05) is 17.8 Å². The molecule has 0 saturated carbocycles. The maximum atomic E-state index is 11.8. The zero-order valence-corrected chi connectivity index (χ0v) is 40.7. The lowest BCUT2D eigenvalue weighted by Gasteiger charge is -2.16. The third kappa shape index (κ3) is 13.8. The maximum absolute atomic E-state index is 11.8. The fourth-order valence-electron chi connectivity index (χ4n) is 7.85. The average Bonchev–Trinajstić information content (AvgIpc) is 4.31. The predicted molar refractivity (Wildman–Crippen MR) is 269 cm³/mol. The number of H-pyrrole nitrogens is 2. The number of aliphatic imine (C=N–C) groups is 3. The number of nitro groups is 2. The van der Waals surface area contributed by atoms with E-state index >= 15 is 0 Å². The number of ether oxygens (including phenoxy) is 2. The van der Waals surface area contributed by atoms with E-state index in [1.807, 2.05) is 30.3 Å². The molecule has 5 aliphatic heterocycles. The highest BCUT2D eigenvalue weighted by atomic mass is 16.6. The minimum atomic E-state index is -0.799. The number of hydrogen-bond acceptors (Lipinski definition) is 26. The largest absolute Gasteiger partial charge is 0.394 e. The molecular formula is C44H53N19O14. The molecule has 0 aliphatic carbocycles. The maximum Gasteiger partial charge on any atom is 0.343 e. The van der Waals surface area contributed by atoms with Crippen LogP contribution in [-0.2, 0) is 16.0 Å². The van der Waals surface area contributed by atoms with Crippen LogP contribution in [0.25, 0.3) is 0 Å². The quantitative estimate of drug-likeness (QED) is 0.0481. The molecule has 0 bridgehead atoms. The first-order chi connectivity index (χ1) is 37.1. The molecule has 0 radical (unpaired) electrons. The number of aliphatic hydroxyl groups is 5. The SMILES string of the molecule is Cc1nc[nH]c1[N+](=O)[O-].Nc1c(C(=O)C[N+](=O)[O-])ncn1Cc1ccccc1.O=C1CN=CNc2c1ncn2[C@H]1C[C@H](O)[C@@H](CO)O1.O=C1CN=CNc2nc[nH]c21.OC[C@H]1O[C@@H](n2cnc3c2NC=NC[C@H]3O)C[C@@H]1O. The standard InChI is InChI=1S/C12H12N4O3.C11H16N4O4.C11H14N4O4.C6H6N4O.C4H5N3O2/c13-12-11(10(17)7-16(18)19)14-8-15(12)6-9-4-2-1-3-5-9;2*16-3-8-6(17)1-9(19-8)15-5-14-10-7(18)2-12-4-13-11(10)15;11-4-1-7-2-9-6-5(4)8-3-10-6;1-3-4(7(8)9)6-2-5-3/h1-5,8H,6-7,13H2;4-9,16-18H,1-3H2,(H,12,13);4-6,8-9,16-17H,1-3H2,(H,12,13);2-3H,1H2,(H,7,9)(H,8,10);2H,1H3,(H,5,6)/t;6-,7+,8+,9+;6-,8+,9+;;/m.00../s1. The summed E-state index contributed by atoms with van der Waals surface area (Å²) >= 11 is 0. The molecule has 11 rings (SSSR count). The van der Waals surface area contributed by atoms with Crippen molar-refractivity contribution in [3.05, 3.63) is 116 Å². The molecule has 0 spiro atoms. The number of nitrogen functional groups attached to an aromatic ring is 1. The zero-order chi connectivity index (χ0) is 55.2. The third-order valence-electron chi connectivity index (χ3n) is 11.7. The second-order valence-electron chi connectivity index (χ2n) is 16.9. The molecule has 7 atom stereocenters. The van der Waals surface area contributed by atoms with Crippen LogP contribution < -0.4 is 21.7 Å². The molecule has 12 N–H and O–H groups in total. The zero-order valence-electron chi connectivity index (χ0n) is 40.7. The van der Waals surface area contributed by atoms with E-state index in [0.717, 1.165) is 5.56 Å². The van der Waals surface area contributed by atoms with Crippen LogP contribution in [0.3, 0.4) is 0 Å². The number of aromatic nitrogens is 10. The number of hydrogen-bond donors (Lipinski definition) is 11. The summed E-state index contributed by atoms with van der Waals surface area (Å²) in [6, 6.07) is 9.51. The van der Waals surface area contributed by atoms with E-state index in [9.17, 15) is 49.9 Å². The fraction of sp³-hybridized carbons (Fsp3) is 0.386. The number of imidazole rings is 5. The number of anilines is 4. The third-order valence-corrected chi connectivity index (χ3v) is 11.7. The van der Waals surface area contributed by atoms with E-state index in [1.54, 1.807) is 27.0 Å². The molecular weight excluding hydrogens is 1020 g/mol. The Balaban J connectivity index is 0.000000144. The molecule has 408 valence electrons. The van der Waals surface area contributed by atoms with Crippen molar-refractivity contribution in [3.8, 4) is 0 Å². The summed E-state index contributed by atoms with van der Waals surface area (Å²) in [7, 11) is 0. The Morgan fingerprint density at radius 2 is 1.39 bits per heavy atom. The number of nitrogens with two attached hydrogens (primary N) is 1. The Morgan fingerprint density at radius 3 is 2.00 bits per heavy atom. The molecule has 33 heteroatoms. The number of rotatable bonds is 10. The lowest BCUT2D eigenvalue weighted by Crippen LogP contribution is -2.24. The molecule has 6 aromatic rings. The Morgan fingerprint density at radius 1 is 0.779 bits per heavy atom. The Bertz CT molecular complexity index is 3090. The first kappa shape index (κ1) is 55.8. The van der Waals surface area contributed by atoms with E-state index in [4.69, 9.17) is 25.4 Å². The van der Waals surface area contributed by atoms with Crippen LogP contribution >= 0.6 is 0 Å². The number of carbonyl (C=O) groups is 3. The van der Waals surface area contributed by atoms with E-state index < -0.39 is 65.2 Å². The average molecular weight is 1070 g/mol. The van der Waals surface area contributed by atoms with Crippen molar-refractivity contribution in [2.45, 2.75) is 69.3 Å². The molecule has 5 aliphatic rings. The summed E-state index contributed by atoms with van der Waals surface area (Å²) in [6.07, 6.45) is 8.06. The van der Waals surface area contributed by atoms with Gasteiger partial charge in [-0.1, -0.05) is 30.3 Å². The number of aryl methyl sites for hydroxylation is 1. The van der Waals surface area contributed by atoms with Gasteiger partial charge in [0.2, 0.25) is 11.6 Å². The monoisotopic (exact) mass is 1070 g/mol. The minimum absolute atomic E-state index is 0.0324. The smallest absolute Gasteiger partial charge is 0.343 e. The van der Waals surface area contributed by atoms with E-state index in [-0.39, 0.29) is 61.7 Å². The summed E-state index contributed by atoms with van der Waals surface area (Å²) < 4.78 is 16.0. The summed E-state index contributed by atoms with van der Waals surface area (Å²) in [5, 5.41) is 76.5. The van der Waals surface area contributed by atoms with Gasteiger partial charge in [-0.15, -0.1) is 0 Å². The van der Waals surface area contributed by atoms with Gasteiger partial charge in [-0.25, -0.2) is 29.9 Å². The second kappa shape index (κ2) is 26.0. The van der Waals surface area contributed by atoms with Crippen LogP contribution in [0, 0.1) is 27.2 Å². The predicted octanol–water partition coefficient (Wildman–Crippen LogP) is -0.183. The van der Waals surface area contributed by atoms with Crippen LogP contribution in [0.4, 0.5) is 29.1 Å². The van der Waals surface area contributed by atoms with Gasteiger partial charge >= 0.3 is 5.82 Å². The van der Waals surface area contributed by atoms with Crippen molar-refractivity contribution in [1.29, 1.82) is 0 Å². The summed E-state index contributed by atoms with van der Waals surface area (Å²) in [5.74, 6) is 0.869. The number of Topliss-reactive ketones (excluding diaryl/α,β-unsaturated/α-hetero) is 3. The number of aliphatic hydroxyl groups excluding tert-OH is 5. The summed E-state index contributed by atoms with van der Waals surface area (Å²) in [4.78, 5) is 90.0. The normalized spacial score (nSPS) is 21.6. The van der Waals surface area contributed by atoms with Gasteiger partial charge in [-0.2, -0.15) is 0 Å². The first-order valence-corrected chi connectivity index (χ1v) is 23.3. The number of nitrogens with zero attached hydrogens (tertiary/aromatic N) is 13. The van der Waals surface area contributed by atoms with Gasteiger partial charge in [0.1, 0.15) is 78.4 Å². The van der Waals surface area contributed by atoms with Gasteiger partial charge in [0.25, 0.3) is 12.3 Å². The Kier molecular flexibility index (Phi) is 18.8. The van der Waals surface area contributed by atoms with Crippen LogP contribution in [0.15, 0.2) is 76.9 Å². The summed E-state index contributed by atoms with van der Waals surface area (Å²) in [6.45, 7) is 1.26. The lowest BCUT2D eigenvalue weighted by atomic mass is 10.2. The van der Waals surface area contributed by atoms with Crippen LogP contribution in [0.2, 0.25) is 0 Å². The highest BCUT2D eigenvalue weighted by Crippen LogP contribution is 2.35. The van der Waals surface area contributed by atoms with Gasteiger partial charge in [-0.3, -0.25) is 48.6 Å². The summed E-state index contributed by atoms with van der Waals surface area (Å²) in [5.41, 5.74) is 8.47.